The minimum absolute atomic E-state index is 0.289. The van der Waals surface area contributed by atoms with Crippen LogP contribution in [0.1, 0.15) is 33.3 Å². The van der Waals surface area contributed by atoms with E-state index >= 15 is 0 Å². The van der Waals surface area contributed by atoms with Crippen LogP contribution in [-0.2, 0) is 9.31 Å². The van der Waals surface area contributed by atoms with Gasteiger partial charge in [0.15, 0.2) is 0 Å². The summed E-state index contributed by atoms with van der Waals surface area (Å²) in [5.41, 5.74) is 2.94. The predicted octanol–water partition coefficient (Wildman–Crippen LogP) is 2.45. The lowest BCUT2D eigenvalue weighted by Crippen LogP contribution is -2.41. The largest absolute Gasteiger partial charge is 0.494 e. The zero-order valence-corrected chi connectivity index (χ0v) is 12.5. The Labute approximate surface area is 120 Å². The molecule has 0 atom stereocenters. The molecule has 0 spiro atoms. The third kappa shape index (κ3) is 2.23. The minimum Gasteiger partial charge on any atom is -0.399 e. The van der Waals surface area contributed by atoms with E-state index in [-0.39, 0.29) is 18.3 Å². The molecular formula is C16H20BNO2. The Morgan fingerprint density at radius 1 is 1.00 bits per heavy atom. The summed E-state index contributed by atoms with van der Waals surface area (Å²) >= 11 is 0. The molecule has 2 heterocycles. The summed E-state index contributed by atoms with van der Waals surface area (Å²) in [6.45, 7) is 9.06. The van der Waals surface area contributed by atoms with Crippen molar-refractivity contribution >= 4 is 24.4 Å². The van der Waals surface area contributed by atoms with E-state index in [4.69, 9.17) is 9.31 Å². The summed E-state index contributed by atoms with van der Waals surface area (Å²) in [5, 5.41) is 0. The highest BCUT2D eigenvalue weighted by Crippen LogP contribution is 2.36. The summed E-state index contributed by atoms with van der Waals surface area (Å²) in [6, 6.07) is 8.38. The van der Waals surface area contributed by atoms with E-state index in [2.05, 4.69) is 63.0 Å². The normalized spacial score (nSPS) is 23.2. The van der Waals surface area contributed by atoms with E-state index in [1.54, 1.807) is 0 Å². The topological polar surface area (TPSA) is 30.8 Å². The molecule has 0 amide bonds. The second-order valence-electron chi connectivity index (χ2n) is 6.39. The second kappa shape index (κ2) is 4.57. The van der Waals surface area contributed by atoms with Gasteiger partial charge < -0.3 is 9.31 Å². The Morgan fingerprint density at radius 2 is 1.60 bits per heavy atom. The van der Waals surface area contributed by atoms with Crippen molar-refractivity contribution < 1.29 is 9.31 Å². The fraction of sp³-hybridized carbons (Fsp3) is 0.438. The molecule has 2 aliphatic heterocycles. The molecule has 1 aromatic rings. The SMILES string of the molecule is CC1(C)OB(c2ccc(C3=CC=NC3)cc2)OC1(C)C. The van der Waals surface area contributed by atoms with Gasteiger partial charge in [-0.05, 0) is 50.4 Å². The first kappa shape index (κ1) is 13.6. The molecule has 0 radical (unpaired) electrons. The first-order chi connectivity index (χ1) is 9.39. The van der Waals surface area contributed by atoms with Crippen molar-refractivity contribution in [3.63, 3.8) is 0 Å². The molecule has 1 fully saturated rings. The molecule has 0 N–H and O–H groups in total. The van der Waals surface area contributed by atoms with Gasteiger partial charge in [-0.2, -0.15) is 0 Å². The summed E-state index contributed by atoms with van der Waals surface area (Å²) in [6.07, 6.45) is 3.92. The summed E-state index contributed by atoms with van der Waals surface area (Å²) < 4.78 is 12.1. The number of rotatable bonds is 2. The first-order valence-corrected chi connectivity index (χ1v) is 7.04. The van der Waals surface area contributed by atoms with E-state index in [9.17, 15) is 0 Å². The fourth-order valence-corrected chi connectivity index (χ4v) is 2.37. The molecule has 0 unspecified atom stereocenters. The highest BCUT2D eigenvalue weighted by Gasteiger charge is 2.51. The lowest BCUT2D eigenvalue weighted by Gasteiger charge is -2.32. The molecule has 20 heavy (non-hydrogen) atoms. The molecule has 104 valence electrons. The highest BCUT2D eigenvalue weighted by atomic mass is 16.7. The van der Waals surface area contributed by atoms with E-state index in [1.165, 1.54) is 11.1 Å². The molecule has 0 aliphatic carbocycles. The van der Waals surface area contributed by atoms with Crippen LogP contribution in [0.2, 0.25) is 0 Å². The lowest BCUT2D eigenvalue weighted by atomic mass is 9.78. The van der Waals surface area contributed by atoms with Gasteiger partial charge in [-0.1, -0.05) is 24.3 Å². The van der Waals surface area contributed by atoms with Crippen LogP contribution >= 0.6 is 0 Å². The van der Waals surface area contributed by atoms with Crippen molar-refractivity contribution in [3.05, 3.63) is 35.9 Å². The van der Waals surface area contributed by atoms with Crippen LogP contribution in [0.3, 0.4) is 0 Å². The van der Waals surface area contributed by atoms with Gasteiger partial charge in [0, 0.05) is 6.21 Å². The van der Waals surface area contributed by atoms with Crippen molar-refractivity contribution in [2.45, 2.75) is 38.9 Å². The van der Waals surface area contributed by atoms with E-state index in [0.29, 0.717) is 0 Å². The van der Waals surface area contributed by atoms with Gasteiger partial charge in [0.05, 0.1) is 17.7 Å². The smallest absolute Gasteiger partial charge is 0.399 e. The van der Waals surface area contributed by atoms with E-state index < -0.39 is 0 Å². The zero-order valence-electron chi connectivity index (χ0n) is 12.5. The van der Waals surface area contributed by atoms with Gasteiger partial charge in [-0.3, -0.25) is 4.99 Å². The van der Waals surface area contributed by atoms with Crippen molar-refractivity contribution in [1.29, 1.82) is 0 Å². The van der Waals surface area contributed by atoms with E-state index in [1.807, 2.05) is 6.21 Å². The van der Waals surface area contributed by atoms with Gasteiger partial charge in [-0.25, -0.2) is 0 Å². The standard InChI is InChI=1S/C16H20BNO2/c1-15(2)16(3,4)20-17(19-15)14-7-5-12(6-8-14)13-9-10-18-11-13/h5-10H,11H2,1-4H3. The van der Waals surface area contributed by atoms with Gasteiger partial charge in [0.25, 0.3) is 0 Å². The number of allylic oxidation sites excluding steroid dienone is 1. The lowest BCUT2D eigenvalue weighted by molar-refractivity contribution is 0.00578. The van der Waals surface area contributed by atoms with Gasteiger partial charge in [0.2, 0.25) is 0 Å². The maximum atomic E-state index is 6.05. The van der Waals surface area contributed by atoms with Crippen LogP contribution in [-0.4, -0.2) is 31.1 Å². The van der Waals surface area contributed by atoms with Gasteiger partial charge in [0.1, 0.15) is 0 Å². The molecule has 1 saturated heterocycles. The monoisotopic (exact) mass is 269 g/mol. The van der Waals surface area contributed by atoms with E-state index in [0.717, 1.165) is 12.0 Å². The van der Waals surface area contributed by atoms with Crippen LogP contribution in [0, 0.1) is 0 Å². The summed E-state index contributed by atoms with van der Waals surface area (Å²) in [7, 11) is -0.289. The number of benzene rings is 1. The number of hydrogen-bond acceptors (Lipinski definition) is 3. The number of aliphatic imine (C=N–C) groups is 1. The molecular weight excluding hydrogens is 249 g/mol. The molecule has 0 aromatic heterocycles. The van der Waals surface area contributed by atoms with Crippen molar-refractivity contribution in [2.75, 3.05) is 6.54 Å². The maximum absolute atomic E-state index is 6.05. The van der Waals surface area contributed by atoms with Crippen LogP contribution in [0.25, 0.3) is 5.57 Å². The summed E-state index contributed by atoms with van der Waals surface area (Å²) in [5.74, 6) is 0. The van der Waals surface area contributed by atoms with Crippen molar-refractivity contribution in [1.82, 2.24) is 0 Å². The molecule has 0 saturated carbocycles. The Balaban J connectivity index is 1.79. The van der Waals surface area contributed by atoms with Crippen LogP contribution in [0.4, 0.5) is 0 Å². The third-order valence-corrected chi connectivity index (χ3v) is 4.45. The predicted molar refractivity (Wildman–Crippen MR) is 83.5 cm³/mol. The maximum Gasteiger partial charge on any atom is 0.494 e. The van der Waals surface area contributed by atoms with Crippen molar-refractivity contribution in [3.8, 4) is 0 Å². The number of hydrogen-bond donors (Lipinski definition) is 0. The quantitative estimate of drug-likeness (QED) is 0.772. The Kier molecular flexibility index (Phi) is 3.11. The zero-order chi connectivity index (χ0) is 14.4. The van der Waals surface area contributed by atoms with Gasteiger partial charge in [-0.15, -0.1) is 0 Å². The average molecular weight is 269 g/mol. The van der Waals surface area contributed by atoms with Crippen LogP contribution < -0.4 is 5.46 Å². The fourth-order valence-electron chi connectivity index (χ4n) is 2.37. The third-order valence-electron chi connectivity index (χ3n) is 4.45. The Morgan fingerprint density at radius 3 is 2.10 bits per heavy atom. The minimum atomic E-state index is -0.293. The Bertz CT molecular complexity index is 557. The van der Waals surface area contributed by atoms with Crippen LogP contribution in [0.5, 0.6) is 0 Å². The van der Waals surface area contributed by atoms with Crippen molar-refractivity contribution in [2.24, 2.45) is 4.99 Å². The second-order valence-corrected chi connectivity index (χ2v) is 6.39. The number of nitrogens with zero attached hydrogens (tertiary/aromatic N) is 1. The van der Waals surface area contributed by atoms with Gasteiger partial charge >= 0.3 is 7.12 Å². The molecule has 1 aromatic carbocycles. The van der Waals surface area contributed by atoms with Crippen LogP contribution in [0.15, 0.2) is 35.3 Å². The molecule has 4 heteroatoms. The highest BCUT2D eigenvalue weighted by molar-refractivity contribution is 6.62. The average Bonchev–Trinajstić information content (AvgIpc) is 2.97. The molecule has 3 nitrogen and oxygen atoms in total. The molecule has 2 aliphatic rings. The summed E-state index contributed by atoms with van der Waals surface area (Å²) in [4.78, 5) is 4.21. The molecule has 0 bridgehead atoms. The Hall–Kier alpha value is -1.39. The molecule has 3 rings (SSSR count). The first-order valence-electron chi connectivity index (χ1n) is 7.04.